The number of nitrogens with zero attached hydrogens (tertiary/aromatic N) is 3. The van der Waals surface area contributed by atoms with E-state index in [1.54, 1.807) is 0 Å². The number of fused-ring (bicyclic) bond motifs is 4. The van der Waals surface area contributed by atoms with E-state index in [9.17, 15) is 0 Å². The van der Waals surface area contributed by atoms with Crippen molar-refractivity contribution in [2.75, 3.05) is 11.9 Å². The monoisotopic (exact) mass is 365 g/mol. The zero-order chi connectivity index (χ0) is 19.3. The molecule has 5 rings (SSSR count). The number of aryl methyl sites for hydroxylation is 2. The molecule has 2 aromatic heterocycles. The minimum atomic E-state index is 0.966. The van der Waals surface area contributed by atoms with Gasteiger partial charge in [-0.3, -0.25) is 4.98 Å². The molecule has 3 heteroatoms. The van der Waals surface area contributed by atoms with Crippen LogP contribution in [0, 0.1) is 6.92 Å². The second-order valence-electron chi connectivity index (χ2n) is 7.32. The predicted molar refractivity (Wildman–Crippen MR) is 120 cm³/mol. The molecule has 3 aromatic carbocycles. The molecule has 0 amide bonds. The number of para-hydroxylation sites is 2. The lowest BCUT2D eigenvalue weighted by molar-refractivity contribution is 0.827. The Labute approximate surface area is 164 Å². The van der Waals surface area contributed by atoms with Crippen molar-refractivity contribution in [2.45, 2.75) is 20.4 Å². The Morgan fingerprint density at radius 3 is 2.36 bits per heavy atom. The van der Waals surface area contributed by atoms with Crippen LogP contribution in [0.1, 0.15) is 12.6 Å². The van der Waals surface area contributed by atoms with Gasteiger partial charge < -0.3 is 9.47 Å². The normalized spacial score (nSPS) is 11.5. The van der Waals surface area contributed by atoms with Gasteiger partial charge >= 0.3 is 0 Å². The van der Waals surface area contributed by atoms with E-state index in [0.717, 1.165) is 17.8 Å². The highest BCUT2D eigenvalue weighted by atomic mass is 15.1. The van der Waals surface area contributed by atoms with Crippen molar-refractivity contribution in [1.29, 1.82) is 0 Å². The summed E-state index contributed by atoms with van der Waals surface area (Å²) < 4.78 is 2.39. The SMILES string of the molecule is CCn1c2ccccc2c2cc(N(C)c3cc(C)nc4ccccc34)ccc21. The van der Waals surface area contributed by atoms with E-state index in [1.165, 1.54) is 38.6 Å². The summed E-state index contributed by atoms with van der Waals surface area (Å²) in [6.07, 6.45) is 0. The Hall–Kier alpha value is -3.33. The van der Waals surface area contributed by atoms with E-state index in [0.29, 0.717) is 0 Å². The third kappa shape index (κ3) is 2.47. The summed E-state index contributed by atoms with van der Waals surface area (Å²) in [6.45, 7) is 5.23. The summed E-state index contributed by atoms with van der Waals surface area (Å²) >= 11 is 0. The summed E-state index contributed by atoms with van der Waals surface area (Å²) in [5, 5.41) is 3.79. The Morgan fingerprint density at radius 1 is 0.821 bits per heavy atom. The maximum absolute atomic E-state index is 4.69. The van der Waals surface area contributed by atoms with Gasteiger partial charge in [0.2, 0.25) is 0 Å². The number of pyridine rings is 1. The predicted octanol–water partition coefficient (Wildman–Crippen LogP) is 6.44. The largest absolute Gasteiger partial charge is 0.344 e. The molecule has 0 spiro atoms. The fraction of sp³-hybridized carbons (Fsp3) is 0.160. The third-order valence-electron chi connectivity index (χ3n) is 5.64. The molecule has 0 fully saturated rings. The quantitative estimate of drug-likeness (QED) is 0.367. The first-order valence-corrected chi connectivity index (χ1v) is 9.78. The van der Waals surface area contributed by atoms with Gasteiger partial charge in [-0.1, -0.05) is 36.4 Å². The topological polar surface area (TPSA) is 21.1 Å². The van der Waals surface area contributed by atoms with E-state index >= 15 is 0 Å². The smallest absolute Gasteiger partial charge is 0.0726 e. The molecule has 0 aliphatic heterocycles. The average molecular weight is 365 g/mol. The van der Waals surface area contributed by atoms with Crippen molar-refractivity contribution in [2.24, 2.45) is 0 Å². The van der Waals surface area contributed by atoms with Crippen LogP contribution in [0.4, 0.5) is 11.4 Å². The molecule has 0 N–H and O–H groups in total. The molecule has 5 aromatic rings. The van der Waals surface area contributed by atoms with Gasteiger partial charge in [0, 0.05) is 52.2 Å². The molecule has 0 bridgehead atoms. The van der Waals surface area contributed by atoms with Crippen LogP contribution in [-0.4, -0.2) is 16.6 Å². The second-order valence-corrected chi connectivity index (χ2v) is 7.32. The first-order chi connectivity index (χ1) is 13.7. The van der Waals surface area contributed by atoms with Crippen LogP contribution in [0.25, 0.3) is 32.7 Å². The molecular formula is C25H23N3. The van der Waals surface area contributed by atoms with Gasteiger partial charge in [0.25, 0.3) is 0 Å². The number of benzene rings is 3. The van der Waals surface area contributed by atoms with Crippen molar-refractivity contribution in [3.8, 4) is 0 Å². The maximum atomic E-state index is 4.69. The molecule has 0 atom stereocenters. The Morgan fingerprint density at radius 2 is 1.54 bits per heavy atom. The minimum absolute atomic E-state index is 0.966. The third-order valence-corrected chi connectivity index (χ3v) is 5.64. The van der Waals surface area contributed by atoms with Gasteiger partial charge in [0.05, 0.1) is 11.2 Å². The zero-order valence-corrected chi connectivity index (χ0v) is 16.5. The Balaban J connectivity index is 1.73. The average Bonchev–Trinajstić information content (AvgIpc) is 3.05. The van der Waals surface area contributed by atoms with Crippen LogP contribution in [-0.2, 0) is 6.54 Å². The first-order valence-electron chi connectivity index (χ1n) is 9.78. The van der Waals surface area contributed by atoms with E-state index in [1.807, 2.05) is 6.07 Å². The minimum Gasteiger partial charge on any atom is -0.344 e. The van der Waals surface area contributed by atoms with Gasteiger partial charge in [-0.15, -0.1) is 0 Å². The summed E-state index contributed by atoms with van der Waals surface area (Å²) in [7, 11) is 2.14. The highest BCUT2D eigenvalue weighted by molar-refractivity contribution is 6.09. The van der Waals surface area contributed by atoms with Crippen LogP contribution < -0.4 is 4.90 Å². The summed E-state index contributed by atoms with van der Waals surface area (Å²) in [5.74, 6) is 0. The summed E-state index contributed by atoms with van der Waals surface area (Å²) in [6, 6.07) is 26.0. The highest BCUT2D eigenvalue weighted by Crippen LogP contribution is 2.35. The van der Waals surface area contributed by atoms with E-state index in [4.69, 9.17) is 0 Å². The highest BCUT2D eigenvalue weighted by Gasteiger charge is 2.14. The Bertz CT molecular complexity index is 1330. The number of anilines is 2. The van der Waals surface area contributed by atoms with Crippen molar-refractivity contribution in [3.63, 3.8) is 0 Å². The zero-order valence-electron chi connectivity index (χ0n) is 16.5. The number of rotatable bonds is 3. The van der Waals surface area contributed by atoms with Crippen LogP contribution in [0.15, 0.2) is 72.8 Å². The second kappa shape index (κ2) is 6.38. The van der Waals surface area contributed by atoms with Crippen molar-refractivity contribution < 1.29 is 0 Å². The maximum Gasteiger partial charge on any atom is 0.0726 e. The van der Waals surface area contributed by atoms with Gasteiger partial charge in [0.1, 0.15) is 0 Å². The van der Waals surface area contributed by atoms with E-state index in [-0.39, 0.29) is 0 Å². The van der Waals surface area contributed by atoms with Crippen LogP contribution in [0.2, 0.25) is 0 Å². The lowest BCUT2D eigenvalue weighted by Gasteiger charge is -2.22. The summed E-state index contributed by atoms with van der Waals surface area (Å²) in [5.41, 5.74) is 7.02. The van der Waals surface area contributed by atoms with Gasteiger partial charge in [-0.25, -0.2) is 0 Å². The van der Waals surface area contributed by atoms with Gasteiger partial charge in [-0.2, -0.15) is 0 Å². The molecular weight excluding hydrogens is 342 g/mol. The fourth-order valence-electron chi connectivity index (χ4n) is 4.29. The van der Waals surface area contributed by atoms with E-state index in [2.05, 4.69) is 102 Å². The molecule has 2 heterocycles. The molecule has 0 saturated carbocycles. The number of hydrogen-bond acceptors (Lipinski definition) is 2. The van der Waals surface area contributed by atoms with Crippen molar-refractivity contribution >= 4 is 44.1 Å². The van der Waals surface area contributed by atoms with Crippen LogP contribution in [0.3, 0.4) is 0 Å². The molecule has 0 radical (unpaired) electrons. The van der Waals surface area contributed by atoms with Gasteiger partial charge in [0.15, 0.2) is 0 Å². The van der Waals surface area contributed by atoms with Crippen molar-refractivity contribution in [1.82, 2.24) is 9.55 Å². The van der Waals surface area contributed by atoms with Crippen LogP contribution in [0.5, 0.6) is 0 Å². The first kappa shape index (κ1) is 16.8. The van der Waals surface area contributed by atoms with Crippen molar-refractivity contribution in [3.05, 3.63) is 78.5 Å². The fourth-order valence-corrected chi connectivity index (χ4v) is 4.29. The lowest BCUT2D eigenvalue weighted by atomic mass is 10.1. The lowest BCUT2D eigenvalue weighted by Crippen LogP contribution is -2.10. The van der Waals surface area contributed by atoms with Gasteiger partial charge in [-0.05, 0) is 50.2 Å². The molecule has 0 unspecified atom stereocenters. The molecule has 0 aliphatic carbocycles. The summed E-state index contributed by atoms with van der Waals surface area (Å²) in [4.78, 5) is 6.96. The Kier molecular flexibility index (Phi) is 3.83. The standard InChI is InChI=1S/C25H23N3/c1-4-28-23-12-8-6-9-19(23)21-16-18(13-14-24(21)28)27(3)25-15-17(2)26-22-11-7-5-10-20(22)25/h5-16H,4H2,1-3H3. The number of hydrogen-bond donors (Lipinski definition) is 0. The molecule has 3 nitrogen and oxygen atoms in total. The molecule has 0 saturated heterocycles. The van der Waals surface area contributed by atoms with E-state index < -0.39 is 0 Å². The molecule has 0 aliphatic rings. The molecule has 138 valence electrons. The molecule has 28 heavy (non-hydrogen) atoms. The number of aromatic nitrogens is 2. The van der Waals surface area contributed by atoms with Crippen LogP contribution >= 0.6 is 0 Å².